The zero-order valence-corrected chi connectivity index (χ0v) is 9.66. The van der Waals surface area contributed by atoms with Gasteiger partial charge in [-0.2, -0.15) is 0 Å². The van der Waals surface area contributed by atoms with Crippen molar-refractivity contribution in [2.45, 2.75) is 32.1 Å². The van der Waals surface area contributed by atoms with E-state index in [2.05, 4.69) is 36.3 Å². The zero-order chi connectivity index (χ0) is 10.7. The van der Waals surface area contributed by atoms with E-state index < -0.39 is 0 Å². The van der Waals surface area contributed by atoms with Crippen LogP contribution in [0.2, 0.25) is 0 Å². The summed E-state index contributed by atoms with van der Waals surface area (Å²) in [5.41, 5.74) is 1.70. The highest BCUT2D eigenvalue weighted by Gasteiger charge is 2.31. The third-order valence-electron chi connectivity index (χ3n) is 3.78. The van der Waals surface area contributed by atoms with Gasteiger partial charge in [0.1, 0.15) is 0 Å². The monoisotopic (exact) mass is 204 g/mol. The molecule has 1 aromatic rings. The second-order valence-electron chi connectivity index (χ2n) is 4.98. The summed E-state index contributed by atoms with van der Waals surface area (Å²) < 4.78 is 0. The van der Waals surface area contributed by atoms with Crippen LogP contribution in [0, 0.1) is 5.92 Å². The van der Waals surface area contributed by atoms with Crippen molar-refractivity contribution in [1.29, 1.82) is 0 Å². The molecule has 1 saturated heterocycles. The van der Waals surface area contributed by atoms with Gasteiger partial charge in [0, 0.05) is 12.4 Å². The van der Waals surface area contributed by atoms with Gasteiger partial charge < -0.3 is 5.32 Å². The molecular weight excluding hydrogens is 184 g/mol. The van der Waals surface area contributed by atoms with Crippen molar-refractivity contribution in [3.63, 3.8) is 0 Å². The van der Waals surface area contributed by atoms with Gasteiger partial charge in [-0.1, -0.05) is 13.8 Å². The van der Waals surface area contributed by atoms with Gasteiger partial charge in [0.15, 0.2) is 0 Å². The fourth-order valence-electron chi connectivity index (χ4n) is 2.56. The number of aromatic nitrogens is 1. The molecule has 1 aromatic heterocycles. The van der Waals surface area contributed by atoms with Crippen molar-refractivity contribution in [3.8, 4) is 0 Å². The van der Waals surface area contributed by atoms with Crippen molar-refractivity contribution in [3.05, 3.63) is 30.1 Å². The molecule has 2 nitrogen and oxygen atoms in total. The summed E-state index contributed by atoms with van der Waals surface area (Å²) in [4.78, 5) is 4.09. The Morgan fingerprint density at radius 1 is 1.20 bits per heavy atom. The molecule has 0 unspecified atom stereocenters. The van der Waals surface area contributed by atoms with E-state index in [4.69, 9.17) is 0 Å². The first-order valence-corrected chi connectivity index (χ1v) is 5.82. The molecule has 2 heterocycles. The first-order chi connectivity index (χ1) is 7.21. The van der Waals surface area contributed by atoms with Crippen LogP contribution in [0.5, 0.6) is 0 Å². The van der Waals surface area contributed by atoms with E-state index in [0.29, 0.717) is 0 Å². The maximum absolute atomic E-state index is 4.09. The Hall–Kier alpha value is -0.890. The van der Waals surface area contributed by atoms with Crippen LogP contribution in [0.25, 0.3) is 0 Å². The SMILES string of the molecule is CC(C)(c1ccncc1)C1CCNCC1. The maximum atomic E-state index is 4.09. The lowest BCUT2D eigenvalue weighted by Gasteiger charge is -2.37. The van der Waals surface area contributed by atoms with Gasteiger partial charge in [0.05, 0.1) is 0 Å². The van der Waals surface area contributed by atoms with Crippen LogP contribution < -0.4 is 5.32 Å². The van der Waals surface area contributed by atoms with Gasteiger partial charge in [-0.3, -0.25) is 4.98 Å². The van der Waals surface area contributed by atoms with Gasteiger partial charge in [-0.15, -0.1) is 0 Å². The smallest absolute Gasteiger partial charge is 0.0270 e. The molecule has 1 aliphatic heterocycles. The second kappa shape index (κ2) is 4.31. The van der Waals surface area contributed by atoms with Gasteiger partial charge in [0.25, 0.3) is 0 Å². The Balaban J connectivity index is 2.18. The van der Waals surface area contributed by atoms with Gasteiger partial charge in [0.2, 0.25) is 0 Å². The highest BCUT2D eigenvalue weighted by atomic mass is 14.9. The third-order valence-corrected chi connectivity index (χ3v) is 3.78. The summed E-state index contributed by atoms with van der Waals surface area (Å²) in [5, 5.41) is 3.43. The lowest BCUT2D eigenvalue weighted by atomic mass is 9.70. The molecule has 1 N–H and O–H groups in total. The number of nitrogens with one attached hydrogen (secondary N) is 1. The predicted octanol–water partition coefficient (Wildman–Crippen LogP) is 2.36. The largest absolute Gasteiger partial charge is 0.317 e. The molecule has 15 heavy (non-hydrogen) atoms. The van der Waals surface area contributed by atoms with Crippen LogP contribution in [0.15, 0.2) is 24.5 Å². The van der Waals surface area contributed by atoms with E-state index in [9.17, 15) is 0 Å². The summed E-state index contributed by atoms with van der Waals surface area (Å²) in [7, 11) is 0. The maximum Gasteiger partial charge on any atom is 0.0270 e. The number of piperidine rings is 1. The summed E-state index contributed by atoms with van der Waals surface area (Å²) >= 11 is 0. The van der Waals surface area contributed by atoms with Crippen molar-refractivity contribution in [1.82, 2.24) is 10.3 Å². The molecule has 0 aromatic carbocycles. The Morgan fingerprint density at radius 3 is 2.40 bits per heavy atom. The number of pyridine rings is 1. The standard InChI is InChI=1S/C13H20N2/c1-13(2,11-3-7-14-8-4-11)12-5-9-15-10-6-12/h3-4,7-8,12,15H,5-6,9-10H2,1-2H3. The first-order valence-electron chi connectivity index (χ1n) is 5.82. The Bertz CT molecular complexity index is 300. The van der Waals surface area contributed by atoms with Crippen LogP contribution in [0.4, 0.5) is 0 Å². The summed E-state index contributed by atoms with van der Waals surface area (Å²) in [6.07, 6.45) is 6.38. The molecular formula is C13H20N2. The number of hydrogen-bond donors (Lipinski definition) is 1. The molecule has 0 bridgehead atoms. The molecule has 1 fully saturated rings. The molecule has 0 amide bonds. The highest BCUT2D eigenvalue weighted by Crippen LogP contribution is 2.36. The van der Waals surface area contributed by atoms with Crippen molar-refractivity contribution in [2.75, 3.05) is 13.1 Å². The molecule has 0 radical (unpaired) electrons. The summed E-state index contributed by atoms with van der Waals surface area (Å²) in [5.74, 6) is 0.793. The fraction of sp³-hybridized carbons (Fsp3) is 0.615. The Kier molecular flexibility index (Phi) is 3.06. The number of hydrogen-bond acceptors (Lipinski definition) is 2. The van der Waals surface area contributed by atoms with Gasteiger partial charge >= 0.3 is 0 Å². The summed E-state index contributed by atoms with van der Waals surface area (Å²) in [6, 6.07) is 4.31. The molecule has 0 spiro atoms. The molecule has 0 atom stereocenters. The van der Waals surface area contributed by atoms with E-state index in [1.807, 2.05) is 12.4 Å². The van der Waals surface area contributed by atoms with E-state index in [0.717, 1.165) is 5.92 Å². The summed E-state index contributed by atoms with van der Waals surface area (Å²) in [6.45, 7) is 7.05. The minimum atomic E-state index is 0.283. The number of nitrogens with zero attached hydrogens (tertiary/aromatic N) is 1. The van der Waals surface area contributed by atoms with Crippen LogP contribution >= 0.6 is 0 Å². The van der Waals surface area contributed by atoms with Gasteiger partial charge in [-0.25, -0.2) is 0 Å². The van der Waals surface area contributed by atoms with Crippen LogP contribution in [0.3, 0.4) is 0 Å². The topological polar surface area (TPSA) is 24.9 Å². The average molecular weight is 204 g/mol. The molecule has 0 saturated carbocycles. The Labute approximate surface area is 92.1 Å². The fourth-order valence-corrected chi connectivity index (χ4v) is 2.56. The second-order valence-corrected chi connectivity index (χ2v) is 4.98. The predicted molar refractivity (Wildman–Crippen MR) is 62.9 cm³/mol. The van der Waals surface area contributed by atoms with Crippen molar-refractivity contribution >= 4 is 0 Å². The van der Waals surface area contributed by atoms with E-state index in [1.165, 1.54) is 31.5 Å². The quantitative estimate of drug-likeness (QED) is 0.800. The normalized spacial score (nSPS) is 19.1. The van der Waals surface area contributed by atoms with E-state index in [1.54, 1.807) is 0 Å². The Morgan fingerprint density at radius 2 is 1.80 bits per heavy atom. The lowest BCUT2D eigenvalue weighted by molar-refractivity contribution is 0.247. The van der Waals surface area contributed by atoms with Crippen molar-refractivity contribution < 1.29 is 0 Å². The van der Waals surface area contributed by atoms with Gasteiger partial charge in [-0.05, 0) is 55.0 Å². The highest BCUT2D eigenvalue weighted by molar-refractivity contribution is 5.22. The van der Waals surface area contributed by atoms with Crippen LogP contribution in [-0.4, -0.2) is 18.1 Å². The molecule has 2 heteroatoms. The van der Waals surface area contributed by atoms with E-state index >= 15 is 0 Å². The minimum Gasteiger partial charge on any atom is -0.317 e. The molecule has 82 valence electrons. The number of rotatable bonds is 2. The molecule has 1 aliphatic rings. The van der Waals surface area contributed by atoms with Crippen LogP contribution in [-0.2, 0) is 5.41 Å². The third kappa shape index (κ3) is 2.20. The zero-order valence-electron chi connectivity index (χ0n) is 9.66. The van der Waals surface area contributed by atoms with Crippen LogP contribution in [0.1, 0.15) is 32.3 Å². The molecule has 0 aliphatic carbocycles. The first kappa shape index (κ1) is 10.6. The average Bonchev–Trinajstić information content (AvgIpc) is 2.31. The molecule has 2 rings (SSSR count). The van der Waals surface area contributed by atoms with E-state index in [-0.39, 0.29) is 5.41 Å². The lowest BCUT2D eigenvalue weighted by Crippen LogP contribution is -2.38. The minimum absolute atomic E-state index is 0.283. The van der Waals surface area contributed by atoms with Crippen molar-refractivity contribution in [2.24, 2.45) is 5.92 Å².